The SMILES string of the molecule is O=S(=O)(Nc1ccccn1)c1ccc(Nc2ccc(CCNCC(O)c3ccc(O)c(CO)c3)cc2)cc1. The number of aliphatic hydroxyl groups is 2. The van der Waals surface area contributed by atoms with Crippen molar-refractivity contribution in [3.8, 4) is 5.75 Å². The summed E-state index contributed by atoms with van der Waals surface area (Å²) in [5.74, 6) is 0.267. The van der Waals surface area contributed by atoms with Crippen LogP contribution in [0.3, 0.4) is 0 Å². The Hall–Kier alpha value is -3.96. The molecule has 1 unspecified atom stereocenters. The quantitative estimate of drug-likeness (QED) is 0.151. The number of anilines is 3. The number of aromatic nitrogens is 1. The van der Waals surface area contributed by atoms with E-state index >= 15 is 0 Å². The van der Waals surface area contributed by atoms with Gasteiger partial charge in [0.05, 0.1) is 17.6 Å². The number of rotatable bonds is 12. The van der Waals surface area contributed by atoms with E-state index in [4.69, 9.17) is 0 Å². The maximum atomic E-state index is 12.6. The fourth-order valence-corrected chi connectivity index (χ4v) is 4.80. The first-order valence-electron chi connectivity index (χ1n) is 12.1. The van der Waals surface area contributed by atoms with Crippen LogP contribution in [0, 0.1) is 0 Å². The maximum Gasteiger partial charge on any atom is 0.263 e. The predicted octanol–water partition coefficient (Wildman–Crippen LogP) is 3.69. The molecule has 0 amide bonds. The fraction of sp³-hybridized carbons (Fsp3) is 0.179. The van der Waals surface area contributed by atoms with Gasteiger partial charge in [0, 0.05) is 29.7 Å². The number of phenols is 1. The minimum absolute atomic E-state index is 0.00760. The molecule has 1 aromatic heterocycles. The van der Waals surface area contributed by atoms with Gasteiger partial charge in [-0.15, -0.1) is 0 Å². The van der Waals surface area contributed by atoms with Crippen molar-refractivity contribution in [3.63, 3.8) is 0 Å². The number of hydrogen-bond donors (Lipinski definition) is 6. The average Bonchev–Trinajstić information content (AvgIpc) is 2.93. The van der Waals surface area contributed by atoms with Gasteiger partial charge in [-0.2, -0.15) is 0 Å². The highest BCUT2D eigenvalue weighted by molar-refractivity contribution is 7.92. The van der Waals surface area contributed by atoms with Crippen molar-refractivity contribution in [2.24, 2.45) is 0 Å². The Kier molecular flexibility index (Phi) is 8.93. The van der Waals surface area contributed by atoms with E-state index in [1.807, 2.05) is 24.3 Å². The van der Waals surface area contributed by atoms with E-state index in [1.165, 1.54) is 24.4 Å². The molecule has 0 aliphatic rings. The Balaban J connectivity index is 1.24. The molecule has 6 N–H and O–H groups in total. The molecule has 1 heterocycles. The predicted molar refractivity (Wildman–Crippen MR) is 147 cm³/mol. The van der Waals surface area contributed by atoms with Crippen molar-refractivity contribution in [3.05, 3.63) is 108 Å². The molecule has 0 fully saturated rings. The molecule has 3 aromatic carbocycles. The highest BCUT2D eigenvalue weighted by Crippen LogP contribution is 2.23. The Morgan fingerprint density at radius 2 is 1.61 bits per heavy atom. The molecule has 9 nitrogen and oxygen atoms in total. The highest BCUT2D eigenvalue weighted by atomic mass is 32.2. The summed E-state index contributed by atoms with van der Waals surface area (Å²) >= 11 is 0. The lowest BCUT2D eigenvalue weighted by Crippen LogP contribution is -2.23. The third-order valence-corrected chi connectivity index (χ3v) is 7.27. The molecule has 38 heavy (non-hydrogen) atoms. The Morgan fingerprint density at radius 1 is 0.895 bits per heavy atom. The summed E-state index contributed by atoms with van der Waals surface area (Å²) in [6.45, 7) is 0.720. The molecule has 0 aliphatic heterocycles. The van der Waals surface area contributed by atoms with Crippen LogP contribution in [0.15, 0.2) is 96.0 Å². The first kappa shape index (κ1) is 27.1. The highest BCUT2D eigenvalue weighted by Gasteiger charge is 2.14. The Morgan fingerprint density at radius 3 is 2.26 bits per heavy atom. The first-order chi connectivity index (χ1) is 18.3. The van der Waals surface area contributed by atoms with E-state index in [0.29, 0.717) is 24.2 Å². The first-order valence-corrected chi connectivity index (χ1v) is 13.5. The number of pyridine rings is 1. The molecule has 0 saturated carbocycles. The Bertz CT molecular complexity index is 1430. The summed E-state index contributed by atoms with van der Waals surface area (Å²) in [4.78, 5) is 4.13. The average molecular weight is 535 g/mol. The van der Waals surface area contributed by atoms with Crippen LogP contribution in [-0.4, -0.2) is 41.8 Å². The van der Waals surface area contributed by atoms with Crippen LogP contribution in [0.5, 0.6) is 5.75 Å². The van der Waals surface area contributed by atoms with Gasteiger partial charge >= 0.3 is 0 Å². The molecule has 10 heteroatoms. The van der Waals surface area contributed by atoms with E-state index < -0.39 is 16.1 Å². The second-order valence-electron chi connectivity index (χ2n) is 8.68. The molecule has 0 aliphatic carbocycles. The van der Waals surface area contributed by atoms with Crippen LogP contribution >= 0.6 is 0 Å². The fourth-order valence-electron chi connectivity index (χ4n) is 3.79. The largest absolute Gasteiger partial charge is 0.508 e. The molecule has 1 atom stereocenters. The topological polar surface area (TPSA) is 144 Å². The molecule has 0 spiro atoms. The van der Waals surface area contributed by atoms with E-state index in [2.05, 4.69) is 20.3 Å². The molecular weight excluding hydrogens is 504 g/mol. The normalized spacial score (nSPS) is 12.2. The molecule has 0 radical (unpaired) electrons. The van der Waals surface area contributed by atoms with E-state index in [1.54, 1.807) is 42.5 Å². The number of sulfonamides is 1. The standard InChI is InChI=1S/C28H30N4O5S/c33-19-22-17-21(6-13-26(22)34)27(35)18-29-16-14-20-4-7-23(8-5-20)31-24-9-11-25(12-10-24)38(36,37)32-28-3-1-2-15-30-28/h1-13,15,17,27,29,31,33-35H,14,16,18-19H2,(H,30,32). The minimum Gasteiger partial charge on any atom is -0.508 e. The monoisotopic (exact) mass is 534 g/mol. The van der Waals surface area contributed by atoms with E-state index in [0.717, 1.165) is 23.4 Å². The van der Waals surface area contributed by atoms with E-state index in [-0.39, 0.29) is 23.1 Å². The Labute approximate surface area is 221 Å². The second kappa shape index (κ2) is 12.5. The van der Waals surface area contributed by atoms with Crippen LogP contribution in [-0.2, 0) is 23.1 Å². The summed E-state index contributed by atoms with van der Waals surface area (Å²) in [5.41, 5.74) is 3.75. The van der Waals surface area contributed by atoms with Crippen molar-refractivity contribution in [2.45, 2.75) is 24.0 Å². The summed E-state index contributed by atoms with van der Waals surface area (Å²) in [6.07, 6.45) is 1.53. The van der Waals surface area contributed by atoms with Gasteiger partial charge in [0.2, 0.25) is 0 Å². The third-order valence-electron chi connectivity index (χ3n) is 5.90. The van der Waals surface area contributed by atoms with Gasteiger partial charge in [0.1, 0.15) is 11.6 Å². The summed E-state index contributed by atoms with van der Waals surface area (Å²) < 4.78 is 27.6. The lowest BCUT2D eigenvalue weighted by atomic mass is 10.1. The van der Waals surface area contributed by atoms with Crippen LogP contribution < -0.4 is 15.4 Å². The zero-order chi connectivity index (χ0) is 27.0. The van der Waals surface area contributed by atoms with Crippen molar-refractivity contribution < 1.29 is 23.7 Å². The molecule has 4 rings (SSSR count). The maximum absolute atomic E-state index is 12.6. The summed E-state index contributed by atoms with van der Waals surface area (Å²) in [7, 11) is -3.73. The van der Waals surface area contributed by atoms with Crippen molar-refractivity contribution in [1.82, 2.24) is 10.3 Å². The van der Waals surface area contributed by atoms with Crippen LogP contribution in [0.25, 0.3) is 0 Å². The number of aliphatic hydroxyl groups excluding tert-OH is 2. The second-order valence-corrected chi connectivity index (χ2v) is 10.4. The van der Waals surface area contributed by atoms with Crippen LogP contribution in [0.2, 0.25) is 0 Å². The van der Waals surface area contributed by atoms with Gasteiger partial charge in [0.15, 0.2) is 0 Å². The summed E-state index contributed by atoms with van der Waals surface area (Å²) in [6, 6.07) is 24.1. The third kappa shape index (κ3) is 7.30. The molecule has 0 bridgehead atoms. The van der Waals surface area contributed by atoms with Gasteiger partial charge in [0.25, 0.3) is 10.0 Å². The minimum atomic E-state index is -3.73. The number of aromatic hydroxyl groups is 1. The van der Waals surface area contributed by atoms with Gasteiger partial charge in [-0.25, -0.2) is 13.4 Å². The zero-order valence-electron chi connectivity index (χ0n) is 20.6. The van der Waals surface area contributed by atoms with E-state index in [9.17, 15) is 23.7 Å². The number of benzene rings is 3. The lowest BCUT2D eigenvalue weighted by Gasteiger charge is -2.14. The van der Waals surface area contributed by atoms with Crippen molar-refractivity contribution in [1.29, 1.82) is 0 Å². The van der Waals surface area contributed by atoms with Gasteiger partial charge in [-0.05, 0) is 84.8 Å². The number of hydrogen-bond acceptors (Lipinski definition) is 8. The lowest BCUT2D eigenvalue weighted by molar-refractivity contribution is 0.174. The molecule has 0 saturated heterocycles. The van der Waals surface area contributed by atoms with Gasteiger partial charge < -0.3 is 26.0 Å². The van der Waals surface area contributed by atoms with Crippen LogP contribution in [0.4, 0.5) is 17.2 Å². The number of nitrogens with one attached hydrogen (secondary N) is 3. The zero-order valence-corrected chi connectivity index (χ0v) is 21.4. The van der Waals surface area contributed by atoms with Crippen LogP contribution in [0.1, 0.15) is 22.8 Å². The van der Waals surface area contributed by atoms with Gasteiger partial charge in [-0.3, -0.25) is 4.72 Å². The van der Waals surface area contributed by atoms with Crippen molar-refractivity contribution in [2.75, 3.05) is 23.1 Å². The van der Waals surface area contributed by atoms with Gasteiger partial charge in [-0.1, -0.05) is 24.3 Å². The molecular formula is C28H30N4O5S. The number of nitrogens with zero attached hydrogens (tertiary/aromatic N) is 1. The summed E-state index contributed by atoms with van der Waals surface area (Å²) in [5, 5.41) is 35.8. The molecule has 4 aromatic rings. The van der Waals surface area contributed by atoms with Crippen molar-refractivity contribution >= 4 is 27.2 Å². The smallest absolute Gasteiger partial charge is 0.263 e. The molecule has 198 valence electrons.